The highest BCUT2D eigenvalue weighted by Crippen LogP contribution is 2.43. The van der Waals surface area contributed by atoms with Crippen LogP contribution in [-0.2, 0) is 0 Å². The van der Waals surface area contributed by atoms with Crippen molar-refractivity contribution in [2.45, 2.75) is 6.92 Å². The fraction of sp³-hybridized carbons (Fsp3) is 0.0667. The molecule has 0 saturated heterocycles. The maximum Gasteiger partial charge on any atom is 0.318 e. The van der Waals surface area contributed by atoms with E-state index in [9.17, 15) is 45.6 Å². The number of phenolic OH excluding ortho intramolecular Hbond substituents is 1. The minimum atomic E-state index is -1.24. The Morgan fingerprint density at radius 1 is 0.733 bits per heavy atom. The van der Waals surface area contributed by atoms with Crippen molar-refractivity contribution in [3.8, 4) is 5.75 Å². The highest BCUT2D eigenvalue weighted by atomic mass is 35.5. The van der Waals surface area contributed by atoms with E-state index < -0.39 is 58.3 Å². The van der Waals surface area contributed by atoms with E-state index in [1.54, 1.807) is 0 Å². The highest BCUT2D eigenvalue weighted by molar-refractivity contribution is 6.59. The van der Waals surface area contributed by atoms with Crippen LogP contribution in [0.5, 0.6) is 5.75 Å². The van der Waals surface area contributed by atoms with Crippen molar-refractivity contribution in [3.05, 3.63) is 85.9 Å². The van der Waals surface area contributed by atoms with E-state index in [4.69, 9.17) is 23.2 Å². The van der Waals surface area contributed by atoms with E-state index in [0.717, 1.165) is 19.1 Å². The number of halogens is 2. The lowest BCUT2D eigenvalue weighted by molar-refractivity contribution is -0.396. The van der Waals surface area contributed by atoms with Crippen LogP contribution in [0.4, 0.5) is 22.7 Å². The molecule has 0 aliphatic rings. The molecular formula is C15H8Cl2N4O9. The second-order valence-corrected chi connectivity index (χ2v) is 6.62. The normalized spacial score (nSPS) is 10.4. The van der Waals surface area contributed by atoms with Crippen LogP contribution in [0.25, 0.3) is 5.57 Å². The van der Waals surface area contributed by atoms with Crippen LogP contribution in [0, 0.1) is 47.4 Å². The van der Waals surface area contributed by atoms with E-state index >= 15 is 0 Å². The van der Waals surface area contributed by atoms with Crippen molar-refractivity contribution in [1.29, 1.82) is 0 Å². The van der Waals surface area contributed by atoms with Gasteiger partial charge in [-0.3, -0.25) is 40.5 Å². The zero-order valence-corrected chi connectivity index (χ0v) is 16.1. The van der Waals surface area contributed by atoms with E-state index in [1.807, 2.05) is 0 Å². The van der Waals surface area contributed by atoms with Gasteiger partial charge in [0.05, 0.1) is 19.7 Å². The summed E-state index contributed by atoms with van der Waals surface area (Å²) in [6.07, 6.45) is 0. The summed E-state index contributed by atoms with van der Waals surface area (Å²) >= 11 is 11.6. The summed E-state index contributed by atoms with van der Waals surface area (Å²) in [5, 5.41) is 54.7. The summed E-state index contributed by atoms with van der Waals surface area (Å²) in [5.41, 5.74) is -4.82. The fourth-order valence-corrected chi connectivity index (χ4v) is 3.06. The molecule has 0 fully saturated rings. The van der Waals surface area contributed by atoms with Gasteiger partial charge in [0.15, 0.2) is 0 Å². The maximum atomic E-state index is 11.3. The molecule has 0 radical (unpaired) electrons. The number of benzene rings is 2. The largest absolute Gasteiger partial charge is 0.497 e. The number of phenols is 1. The summed E-state index contributed by atoms with van der Waals surface area (Å²) in [4.78, 5) is 40.9. The molecule has 1 N–H and O–H groups in total. The molecule has 0 aliphatic heterocycles. The lowest BCUT2D eigenvalue weighted by Gasteiger charge is -2.11. The molecule has 0 unspecified atom stereocenters. The summed E-state index contributed by atoms with van der Waals surface area (Å²) in [6, 6.07) is 3.15. The Labute approximate surface area is 175 Å². The number of nitro groups is 4. The van der Waals surface area contributed by atoms with Gasteiger partial charge in [0.2, 0.25) is 0 Å². The molecule has 0 spiro atoms. The van der Waals surface area contributed by atoms with Gasteiger partial charge in [-0.15, -0.1) is 0 Å². The third-order valence-corrected chi connectivity index (χ3v) is 4.35. The molecule has 0 aromatic heterocycles. The minimum absolute atomic E-state index is 0.276. The van der Waals surface area contributed by atoms with Crippen molar-refractivity contribution < 1.29 is 24.8 Å². The van der Waals surface area contributed by atoms with E-state index in [2.05, 4.69) is 0 Å². The van der Waals surface area contributed by atoms with E-state index in [0.29, 0.717) is 12.1 Å². The molecule has 2 aromatic rings. The molecule has 13 nitrogen and oxygen atoms in total. The number of hydrogen-bond donors (Lipinski definition) is 1. The summed E-state index contributed by atoms with van der Waals surface area (Å²) in [6.45, 7) is 1.14. The van der Waals surface area contributed by atoms with Crippen molar-refractivity contribution in [3.63, 3.8) is 0 Å². The molecule has 2 rings (SSSR count). The Bertz CT molecular complexity index is 1010. The van der Waals surface area contributed by atoms with Crippen LogP contribution < -0.4 is 0 Å². The Balaban J connectivity index is 2.94. The molecule has 30 heavy (non-hydrogen) atoms. The summed E-state index contributed by atoms with van der Waals surface area (Å²) in [5.74, 6) is -1.24. The van der Waals surface area contributed by atoms with Gasteiger partial charge in [0.1, 0.15) is 10.1 Å². The first-order valence-corrected chi connectivity index (χ1v) is 8.27. The lowest BCUT2D eigenvalue weighted by atomic mass is 9.95. The van der Waals surface area contributed by atoms with Crippen LogP contribution in [0.1, 0.15) is 16.7 Å². The first-order valence-electron chi connectivity index (χ1n) is 7.52. The van der Waals surface area contributed by atoms with Crippen LogP contribution in [0.2, 0.25) is 0 Å². The van der Waals surface area contributed by atoms with Gasteiger partial charge >= 0.3 is 11.4 Å². The number of rotatable bonds is 6. The Morgan fingerprint density at radius 3 is 1.30 bits per heavy atom. The zero-order chi connectivity index (χ0) is 22.9. The van der Waals surface area contributed by atoms with Gasteiger partial charge in [0, 0.05) is 29.8 Å². The second-order valence-electron chi connectivity index (χ2n) is 5.67. The quantitative estimate of drug-likeness (QED) is 0.477. The Hall–Kier alpha value is -3.84. The highest BCUT2D eigenvalue weighted by Gasteiger charge is 2.30. The van der Waals surface area contributed by atoms with Gasteiger partial charge in [-0.2, -0.15) is 0 Å². The van der Waals surface area contributed by atoms with Crippen LogP contribution in [-0.4, -0.2) is 24.8 Å². The summed E-state index contributed by atoms with van der Waals surface area (Å²) in [7, 11) is 0. The third-order valence-electron chi connectivity index (χ3n) is 3.98. The van der Waals surface area contributed by atoms with Crippen LogP contribution >= 0.6 is 23.2 Å². The maximum absolute atomic E-state index is 11.3. The number of hydrogen-bond acceptors (Lipinski definition) is 9. The van der Waals surface area contributed by atoms with Crippen molar-refractivity contribution >= 4 is 51.5 Å². The number of nitro benzene ring substituents is 4. The molecule has 0 heterocycles. The van der Waals surface area contributed by atoms with Gasteiger partial charge in [-0.25, -0.2) is 0 Å². The molecule has 0 atom stereocenters. The van der Waals surface area contributed by atoms with Gasteiger partial charge in [-0.1, -0.05) is 23.2 Å². The zero-order valence-electron chi connectivity index (χ0n) is 14.6. The first-order chi connectivity index (χ1) is 13.9. The third kappa shape index (κ3) is 4.11. The standard InChI is InChI=1S/C15H8Cl2N4O9/c1-6-9(18(23)24)2-7(3-10(6)19(25)26)13(15(16)17)8-4-11(20(27)28)14(22)12(5-8)21(29)30/h2-5,22H,1H3. The van der Waals surface area contributed by atoms with Gasteiger partial charge in [0.25, 0.3) is 17.1 Å². The van der Waals surface area contributed by atoms with Crippen molar-refractivity contribution in [1.82, 2.24) is 0 Å². The number of nitrogens with zero attached hydrogens (tertiary/aromatic N) is 4. The Kier molecular flexibility index (Phi) is 6.18. The van der Waals surface area contributed by atoms with Crippen molar-refractivity contribution in [2.24, 2.45) is 0 Å². The molecule has 0 amide bonds. The molecular weight excluding hydrogens is 451 g/mol. The fourth-order valence-electron chi connectivity index (χ4n) is 2.62. The molecule has 0 saturated carbocycles. The van der Waals surface area contributed by atoms with Gasteiger partial charge in [-0.05, 0) is 18.1 Å². The number of aromatic hydroxyl groups is 1. The van der Waals surface area contributed by atoms with Crippen LogP contribution in [0.15, 0.2) is 28.8 Å². The molecule has 156 valence electrons. The molecule has 0 bridgehead atoms. The van der Waals surface area contributed by atoms with E-state index in [-0.39, 0.29) is 16.7 Å². The van der Waals surface area contributed by atoms with Crippen molar-refractivity contribution in [2.75, 3.05) is 0 Å². The topological polar surface area (TPSA) is 193 Å². The predicted octanol–water partition coefficient (Wildman–Crippen LogP) is 4.53. The minimum Gasteiger partial charge on any atom is -0.497 e. The average molecular weight is 459 g/mol. The SMILES string of the molecule is Cc1c([N+](=O)[O-])cc(C(=C(Cl)Cl)c2cc([N+](=O)[O-])c(O)c([N+](=O)[O-])c2)cc1[N+](=O)[O-]. The van der Waals surface area contributed by atoms with Gasteiger partial charge < -0.3 is 5.11 Å². The monoisotopic (exact) mass is 458 g/mol. The molecule has 2 aromatic carbocycles. The Morgan fingerprint density at radius 2 is 1.03 bits per heavy atom. The second kappa shape index (κ2) is 8.26. The summed E-state index contributed by atoms with van der Waals surface area (Å²) < 4.78 is -0.642. The lowest BCUT2D eigenvalue weighted by Crippen LogP contribution is -2.02. The van der Waals surface area contributed by atoms with E-state index in [1.165, 1.54) is 0 Å². The predicted molar refractivity (Wildman–Crippen MR) is 104 cm³/mol. The van der Waals surface area contributed by atoms with Crippen LogP contribution in [0.3, 0.4) is 0 Å². The smallest absolute Gasteiger partial charge is 0.318 e. The first kappa shape index (κ1) is 22.4. The average Bonchev–Trinajstić information content (AvgIpc) is 2.62. The molecule has 0 aliphatic carbocycles. The molecule has 15 heteroatoms.